The van der Waals surface area contributed by atoms with E-state index in [1.54, 1.807) is 38.4 Å². The average molecular weight is 367 g/mol. The van der Waals surface area contributed by atoms with E-state index in [0.717, 1.165) is 18.4 Å². The van der Waals surface area contributed by atoms with Gasteiger partial charge in [0.15, 0.2) is 11.5 Å². The van der Waals surface area contributed by atoms with Crippen molar-refractivity contribution in [1.82, 2.24) is 4.90 Å². The summed E-state index contributed by atoms with van der Waals surface area (Å²) >= 11 is 6.64. The van der Waals surface area contributed by atoms with Gasteiger partial charge in [0.2, 0.25) is 5.75 Å². The van der Waals surface area contributed by atoms with Crippen LogP contribution in [0.4, 0.5) is 0 Å². The molecule has 0 atom stereocenters. The highest BCUT2D eigenvalue weighted by Gasteiger charge is 2.31. The monoisotopic (exact) mass is 367 g/mol. The Morgan fingerprint density at radius 3 is 2.46 bits per heavy atom. The summed E-state index contributed by atoms with van der Waals surface area (Å²) in [6.45, 7) is 2.74. The Morgan fingerprint density at radius 2 is 1.88 bits per heavy atom. The fraction of sp³-hybridized carbons (Fsp3) is 0.412. The van der Waals surface area contributed by atoms with Gasteiger partial charge < -0.3 is 14.2 Å². The Morgan fingerprint density at radius 1 is 1.17 bits per heavy atom. The zero-order chi connectivity index (χ0) is 17.7. The Kier molecular flexibility index (Phi) is 6.51. The van der Waals surface area contributed by atoms with Crippen molar-refractivity contribution in [2.45, 2.75) is 19.8 Å². The van der Waals surface area contributed by atoms with Crippen LogP contribution in [0.15, 0.2) is 17.0 Å². The molecule has 5 nitrogen and oxygen atoms in total. The number of benzene rings is 1. The molecule has 0 bridgehead atoms. The normalized spacial score (nSPS) is 16.0. The van der Waals surface area contributed by atoms with Gasteiger partial charge in [0.25, 0.3) is 5.91 Å². The molecule has 24 heavy (non-hydrogen) atoms. The second kappa shape index (κ2) is 8.39. The van der Waals surface area contributed by atoms with E-state index in [-0.39, 0.29) is 5.91 Å². The third-order valence-electron chi connectivity index (χ3n) is 3.63. The molecule has 2 rings (SSSR count). The second-order valence-electron chi connectivity index (χ2n) is 5.11. The maximum Gasteiger partial charge on any atom is 0.266 e. The van der Waals surface area contributed by atoms with E-state index in [4.69, 9.17) is 26.4 Å². The van der Waals surface area contributed by atoms with Gasteiger partial charge in [0, 0.05) is 12.1 Å². The molecular weight excluding hydrogens is 346 g/mol. The summed E-state index contributed by atoms with van der Waals surface area (Å²) in [5.41, 5.74) is 0.742. The summed E-state index contributed by atoms with van der Waals surface area (Å²) in [6, 6.07) is 3.61. The van der Waals surface area contributed by atoms with Crippen molar-refractivity contribution >= 4 is 40.3 Å². The Bertz CT molecular complexity index is 673. The van der Waals surface area contributed by atoms with Crippen molar-refractivity contribution in [3.63, 3.8) is 0 Å². The van der Waals surface area contributed by atoms with Gasteiger partial charge >= 0.3 is 0 Å². The number of thioether (sulfide) groups is 1. The predicted molar refractivity (Wildman–Crippen MR) is 101 cm³/mol. The van der Waals surface area contributed by atoms with Gasteiger partial charge in [-0.2, -0.15) is 0 Å². The van der Waals surface area contributed by atoms with Crippen LogP contribution in [0.3, 0.4) is 0 Å². The van der Waals surface area contributed by atoms with Crippen LogP contribution in [0.5, 0.6) is 17.2 Å². The van der Waals surface area contributed by atoms with Crippen LogP contribution < -0.4 is 14.2 Å². The smallest absolute Gasteiger partial charge is 0.266 e. The van der Waals surface area contributed by atoms with Gasteiger partial charge in [-0.3, -0.25) is 9.69 Å². The average Bonchev–Trinajstić information content (AvgIpc) is 2.85. The fourth-order valence-corrected chi connectivity index (χ4v) is 3.69. The number of nitrogens with zero attached hydrogens (tertiary/aromatic N) is 1. The van der Waals surface area contributed by atoms with Crippen molar-refractivity contribution in [1.29, 1.82) is 0 Å². The molecule has 1 aliphatic rings. The van der Waals surface area contributed by atoms with Crippen LogP contribution in [0.25, 0.3) is 6.08 Å². The second-order valence-corrected chi connectivity index (χ2v) is 6.79. The van der Waals surface area contributed by atoms with Crippen LogP contribution in [-0.4, -0.2) is 43.0 Å². The predicted octanol–water partition coefficient (Wildman–Crippen LogP) is 3.71. The summed E-state index contributed by atoms with van der Waals surface area (Å²) < 4.78 is 16.7. The zero-order valence-corrected chi connectivity index (χ0v) is 15.9. The first-order valence-electron chi connectivity index (χ1n) is 7.61. The first kappa shape index (κ1) is 18.6. The van der Waals surface area contributed by atoms with E-state index in [0.29, 0.717) is 33.0 Å². The summed E-state index contributed by atoms with van der Waals surface area (Å²) in [5.74, 6) is 1.53. The van der Waals surface area contributed by atoms with Crippen molar-refractivity contribution in [3.8, 4) is 17.2 Å². The fourth-order valence-electron chi connectivity index (χ4n) is 2.39. The van der Waals surface area contributed by atoms with Crippen LogP contribution in [0.1, 0.15) is 25.3 Å². The Labute approximate surface area is 151 Å². The first-order chi connectivity index (χ1) is 11.6. The number of rotatable bonds is 7. The lowest BCUT2D eigenvalue weighted by molar-refractivity contribution is -0.122. The Balaban J connectivity index is 2.38. The van der Waals surface area contributed by atoms with Gasteiger partial charge in [-0.05, 0) is 24.6 Å². The van der Waals surface area contributed by atoms with Crippen molar-refractivity contribution in [2.75, 3.05) is 27.9 Å². The highest BCUT2D eigenvalue weighted by atomic mass is 32.2. The van der Waals surface area contributed by atoms with Crippen molar-refractivity contribution < 1.29 is 19.0 Å². The summed E-state index contributed by atoms with van der Waals surface area (Å²) in [6.07, 6.45) is 3.73. The van der Waals surface area contributed by atoms with Gasteiger partial charge in [0.05, 0.1) is 26.2 Å². The highest BCUT2D eigenvalue weighted by Crippen LogP contribution is 2.42. The molecule has 0 unspecified atom stereocenters. The molecule has 1 saturated heterocycles. The van der Waals surface area contributed by atoms with Crippen LogP contribution in [0, 0.1) is 0 Å². The van der Waals surface area contributed by atoms with E-state index < -0.39 is 0 Å². The number of carbonyl (C=O) groups is 1. The molecule has 0 aromatic heterocycles. The molecule has 0 aliphatic carbocycles. The van der Waals surface area contributed by atoms with Crippen LogP contribution in [0.2, 0.25) is 0 Å². The number of thiocarbonyl (C=S) groups is 1. The third-order valence-corrected chi connectivity index (χ3v) is 5.01. The third kappa shape index (κ3) is 3.67. The van der Waals surface area contributed by atoms with E-state index in [2.05, 4.69) is 6.92 Å². The molecule has 1 heterocycles. The molecular formula is C17H21NO4S2. The molecule has 1 aromatic rings. The maximum absolute atomic E-state index is 12.6. The molecule has 130 valence electrons. The van der Waals surface area contributed by atoms with Crippen molar-refractivity contribution in [2.24, 2.45) is 0 Å². The molecule has 0 spiro atoms. The van der Waals surface area contributed by atoms with E-state index in [1.165, 1.54) is 11.8 Å². The molecule has 0 N–H and O–H groups in total. The minimum atomic E-state index is -0.0599. The molecule has 7 heteroatoms. The number of hydrogen-bond donors (Lipinski definition) is 0. The largest absolute Gasteiger partial charge is 0.493 e. The topological polar surface area (TPSA) is 48.0 Å². The quantitative estimate of drug-likeness (QED) is 0.541. The lowest BCUT2D eigenvalue weighted by Crippen LogP contribution is -2.28. The minimum Gasteiger partial charge on any atom is -0.493 e. The van der Waals surface area contributed by atoms with E-state index in [9.17, 15) is 4.79 Å². The number of ether oxygens (including phenoxy) is 3. The lowest BCUT2D eigenvalue weighted by Gasteiger charge is -2.14. The molecule has 0 radical (unpaired) electrons. The minimum absolute atomic E-state index is 0.0599. The zero-order valence-electron chi connectivity index (χ0n) is 14.3. The molecule has 0 saturated carbocycles. The van der Waals surface area contributed by atoms with Crippen LogP contribution in [-0.2, 0) is 4.79 Å². The number of unbranched alkanes of at least 4 members (excludes halogenated alkanes) is 1. The number of amides is 1. The summed E-state index contributed by atoms with van der Waals surface area (Å²) in [5, 5.41) is 0. The molecule has 1 amide bonds. The standard InChI is InChI=1S/C17H21NO4S2/c1-5-6-9-18-16(19)13(24-17(18)23)10-11-7-8-12(20-2)15(22-4)14(11)21-3/h7-8,10H,5-6,9H2,1-4H3. The number of carbonyl (C=O) groups excluding carboxylic acids is 1. The van der Waals surface area contributed by atoms with Gasteiger partial charge in [-0.1, -0.05) is 37.3 Å². The van der Waals surface area contributed by atoms with E-state index >= 15 is 0 Å². The number of hydrogen-bond acceptors (Lipinski definition) is 6. The van der Waals surface area contributed by atoms with Gasteiger partial charge in [-0.15, -0.1) is 0 Å². The maximum atomic E-state index is 12.6. The Hall–Kier alpha value is -1.73. The SMILES string of the molecule is CCCCN1C(=O)C(=Cc2ccc(OC)c(OC)c2OC)SC1=S. The summed E-state index contributed by atoms with van der Waals surface area (Å²) in [4.78, 5) is 14.8. The first-order valence-corrected chi connectivity index (χ1v) is 8.84. The molecule has 1 aromatic carbocycles. The van der Waals surface area contributed by atoms with Crippen LogP contribution >= 0.6 is 24.0 Å². The lowest BCUT2D eigenvalue weighted by atomic mass is 10.1. The summed E-state index contributed by atoms with van der Waals surface area (Å²) in [7, 11) is 4.67. The highest BCUT2D eigenvalue weighted by molar-refractivity contribution is 8.26. The van der Waals surface area contributed by atoms with Gasteiger partial charge in [-0.25, -0.2) is 0 Å². The van der Waals surface area contributed by atoms with E-state index in [1.807, 2.05) is 6.07 Å². The van der Waals surface area contributed by atoms with Gasteiger partial charge in [0.1, 0.15) is 4.32 Å². The number of methoxy groups -OCH3 is 3. The molecule has 1 aliphatic heterocycles. The molecule has 1 fully saturated rings. The van der Waals surface area contributed by atoms with Crippen molar-refractivity contribution in [3.05, 3.63) is 22.6 Å².